The summed E-state index contributed by atoms with van der Waals surface area (Å²) in [4.78, 5) is 25.4. The Hall–Kier alpha value is -2.48. The second-order valence-electron chi connectivity index (χ2n) is 6.37. The summed E-state index contributed by atoms with van der Waals surface area (Å²) in [6.07, 6.45) is 3.83. The second-order valence-corrected chi connectivity index (χ2v) is 6.37. The lowest BCUT2D eigenvalue weighted by Gasteiger charge is -2.22. The fraction of sp³-hybridized carbons (Fsp3) is 0.238. The molecule has 0 amide bonds. The molecule has 2 nitrogen and oxygen atoms in total. The lowest BCUT2D eigenvalue weighted by molar-refractivity contribution is -0.132. The van der Waals surface area contributed by atoms with Crippen LogP contribution in [0.5, 0.6) is 0 Å². The fourth-order valence-corrected chi connectivity index (χ4v) is 3.21. The van der Waals surface area contributed by atoms with Gasteiger partial charge in [-0.25, -0.2) is 0 Å². The van der Waals surface area contributed by atoms with Gasteiger partial charge < -0.3 is 0 Å². The number of hydrogen-bond donors (Lipinski definition) is 0. The first-order valence-electron chi connectivity index (χ1n) is 7.88. The van der Waals surface area contributed by atoms with Crippen molar-refractivity contribution in [2.24, 2.45) is 5.41 Å². The van der Waals surface area contributed by atoms with E-state index in [1.54, 1.807) is 6.92 Å². The van der Waals surface area contributed by atoms with Crippen molar-refractivity contribution in [1.82, 2.24) is 0 Å². The molecule has 0 spiro atoms. The van der Waals surface area contributed by atoms with E-state index >= 15 is 0 Å². The minimum atomic E-state index is -0.996. The molecular formula is C21H20O2. The number of ketones is 2. The Kier molecular flexibility index (Phi) is 3.77. The van der Waals surface area contributed by atoms with Crippen LogP contribution in [0.15, 0.2) is 65.8 Å². The number of carbonyl (C=O) groups excluding carboxylic acids is 2. The summed E-state index contributed by atoms with van der Waals surface area (Å²) in [6, 6.07) is 14.1. The summed E-state index contributed by atoms with van der Waals surface area (Å²) < 4.78 is 0. The average Bonchev–Trinajstić information content (AvgIpc) is 2.79. The zero-order chi connectivity index (χ0) is 16.6. The van der Waals surface area contributed by atoms with Gasteiger partial charge in [-0.3, -0.25) is 9.59 Å². The highest BCUT2D eigenvalue weighted by Crippen LogP contribution is 2.38. The van der Waals surface area contributed by atoms with Gasteiger partial charge in [0.2, 0.25) is 0 Å². The molecule has 2 heteroatoms. The van der Waals surface area contributed by atoms with Crippen molar-refractivity contribution in [3.8, 4) is 0 Å². The van der Waals surface area contributed by atoms with Crippen molar-refractivity contribution < 1.29 is 9.59 Å². The predicted molar refractivity (Wildman–Crippen MR) is 93.3 cm³/mol. The van der Waals surface area contributed by atoms with Gasteiger partial charge in [-0.1, -0.05) is 48.5 Å². The fourth-order valence-electron chi connectivity index (χ4n) is 3.21. The number of hydrogen-bond acceptors (Lipinski definition) is 2. The molecule has 0 aliphatic heterocycles. The van der Waals surface area contributed by atoms with Crippen molar-refractivity contribution in [3.63, 3.8) is 0 Å². The van der Waals surface area contributed by atoms with Gasteiger partial charge in [0, 0.05) is 5.57 Å². The van der Waals surface area contributed by atoms with Gasteiger partial charge in [0.1, 0.15) is 0 Å². The van der Waals surface area contributed by atoms with Gasteiger partial charge in [-0.05, 0) is 55.2 Å². The molecule has 0 saturated heterocycles. The monoisotopic (exact) mass is 304 g/mol. The lowest BCUT2D eigenvalue weighted by Crippen LogP contribution is -2.33. The van der Waals surface area contributed by atoms with Crippen molar-refractivity contribution in [2.75, 3.05) is 0 Å². The normalized spacial score (nSPS) is 21.9. The van der Waals surface area contributed by atoms with E-state index < -0.39 is 5.41 Å². The summed E-state index contributed by atoms with van der Waals surface area (Å²) >= 11 is 0. The largest absolute Gasteiger partial charge is 0.294 e. The van der Waals surface area contributed by atoms with Crippen LogP contribution >= 0.6 is 0 Å². The first-order chi connectivity index (χ1) is 11.0. The Balaban J connectivity index is 2.02. The van der Waals surface area contributed by atoms with Crippen LogP contribution in [0.4, 0.5) is 0 Å². The quantitative estimate of drug-likeness (QED) is 0.786. The number of benzene rings is 2. The van der Waals surface area contributed by atoms with E-state index in [-0.39, 0.29) is 11.6 Å². The topological polar surface area (TPSA) is 34.1 Å². The van der Waals surface area contributed by atoms with Crippen LogP contribution in [-0.4, -0.2) is 11.6 Å². The number of carbonyl (C=O) groups is 2. The first-order valence-corrected chi connectivity index (χ1v) is 7.88. The number of rotatable bonds is 3. The molecule has 0 fully saturated rings. The molecule has 0 unspecified atom stereocenters. The number of Topliss-reactive ketones (excluding diaryl/α,β-unsaturated/α-hetero) is 1. The molecule has 1 aliphatic carbocycles. The maximum atomic E-state index is 12.8. The molecule has 2 aromatic rings. The minimum absolute atomic E-state index is 0.0639. The van der Waals surface area contributed by atoms with Crippen LogP contribution in [0.1, 0.15) is 26.3 Å². The van der Waals surface area contributed by atoms with Crippen LogP contribution in [0, 0.1) is 5.41 Å². The van der Waals surface area contributed by atoms with Crippen LogP contribution in [-0.2, 0) is 16.0 Å². The average molecular weight is 304 g/mol. The van der Waals surface area contributed by atoms with Gasteiger partial charge in [-0.15, -0.1) is 0 Å². The summed E-state index contributed by atoms with van der Waals surface area (Å²) in [5, 5.41) is 2.23. The minimum Gasteiger partial charge on any atom is -0.294 e. The first kappa shape index (κ1) is 15.4. The van der Waals surface area contributed by atoms with E-state index in [2.05, 4.69) is 0 Å². The predicted octanol–water partition coefficient (Wildman–Crippen LogP) is 4.43. The third-order valence-electron chi connectivity index (χ3n) is 4.85. The molecule has 2 aromatic carbocycles. The molecule has 0 radical (unpaired) electrons. The van der Waals surface area contributed by atoms with E-state index in [1.165, 1.54) is 6.08 Å². The van der Waals surface area contributed by atoms with E-state index in [0.29, 0.717) is 12.0 Å². The molecule has 1 atom stereocenters. The number of fused-ring (bicyclic) bond motifs is 1. The summed E-state index contributed by atoms with van der Waals surface area (Å²) in [5.74, 6) is -0.155. The van der Waals surface area contributed by atoms with E-state index in [1.807, 2.05) is 62.4 Å². The molecule has 0 saturated carbocycles. The van der Waals surface area contributed by atoms with Crippen molar-refractivity contribution in [2.45, 2.75) is 27.2 Å². The maximum Gasteiger partial charge on any atom is 0.177 e. The third-order valence-corrected chi connectivity index (χ3v) is 4.85. The van der Waals surface area contributed by atoms with Crippen LogP contribution in [0.25, 0.3) is 10.8 Å². The van der Waals surface area contributed by atoms with Gasteiger partial charge >= 0.3 is 0 Å². The van der Waals surface area contributed by atoms with Crippen molar-refractivity contribution >= 4 is 22.3 Å². The second kappa shape index (κ2) is 5.62. The van der Waals surface area contributed by atoms with E-state index in [4.69, 9.17) is 0 Å². The van der Waals surface area contributed by atoms with Crippen LogP contribution < -0.4 is 0 Å². The Morgan fingerprint density at radius 1 is 1.09 bits per heavy atom. The smallest absolute Gasteiger partial charge is 0.177 e. The van der Waals surface area contributed by atoms with Crippen molar-refractivity contribution in [3.05, 3.63) is 71.3 Å². The molecule has 116 valence electrons. The highest BCUT2D eigenvalue weighted by Gasteiger charge is 2.46. The molecule has 0 aromatic heterocycles. The van der Waals surface area contributed by atoms with E-state index in [9.17, 15) is 9.59 Å². The number of allylic oxidation sites excluding steroid dienone is 4. The SMILES string of the molecule is C/C=C(\C)C1=CC(=O)[C@](C)(Cc2cccc3ccccc23)C1=O. The summed E-state index contributed by atoms with van der Waals surface area (Å²) in [7, 11) is 0. The third kappa shape index (κ3) is 2.44. The zero-order valence-corrected chi connectivity index (χ0v) is 13.7. The van der Waals surface area contributed by atoms with Crippen LogP contribution in [0.2, 0.25) is 0 Å². The zero-order valence-electron chi connectivity index (χ0n) is 13.7. The highest BCUT2D eigenvalue weighted by atomic mass is 16.2. The van der Waals surface area contributed by atoms with Gasteiger partial charge in [0.15, 0.2) is 11.6 Å². The highest BCUT2D eigenvalue weighted by molar-refractivity contribution is 6.26. The Bertz CT molecular complexity index is 865. The Morgan fingerprint density at radius 3 is 2.52 bits per heavy atom. The molecule has 3 rings (SSSR count). The van der Waals surface area contributed by atoms with Gasteiger partial charge in [0.05, 0.1) is 5.41 Å². The summed E-state index contributed by atoms with van der Waals surface area (Å²) in [6.45, 7) is 5.53. The lowest BCUT2D eigenvalue weighted by atomic mass is 9.77. The molecule has 0 heterocycles. The molecule has 1 aliphatic rings. The van der Waals surface area contributed by atoms with Gasteiger partial charge in [-0.2, -0.15) is 0 Å². The Morgan fingerprint density at radius 2 is 1.78 bits per heavy atom. The molecule has 0 N–H and O–H groups in total. The molecular weight excluding hydrogens is 284 g/mol. The van der Waals surface area contributed by atoms with Crippen molar-refractivity contribution in [1.29, 1.82) is 0 Å². The van der Waals surface area contributed by atoms with Gasteiger partial charge in [0.25, 0.3) is 0 Å². The van der Waals surface area contributed by atoms with Crippen LogP contribution in [0.3, 0.4) is 0 Å². The standard InChI is InChI=1S/C21H20O2/c1-4-14(2)18-12-19(22)21(3,20(18)23)13-16-10-7-9-15-8-5-6-11-17(15)16/h4-12H,13H2,1-3H3/b14-4+/t21-/m0/s1. The van der Waals surface area contributed by atoms with E-state index in [0.717, 1.165) is 21.9 Å². The summed E-state index contributed by atoms with van der Waals surface area (Å²) in [5.41, 5.74) is 1.47. The maximum absolute atomic E-state index is 12.8. The molecule has 23 heavy (non-hydrogen) atoms. The molecule has 0 bridgehead atoms. The Labute approximate surface area is 136 Å².